The Labute approximate surface area is 135 Å². The second-order valence-electron chi connectivity index (χ2n) is 6.25. The van der Waals surface area contributed by atoms with Gasteiger partial charge in [-0.1, -0.05) is 95.9 Å². The fourth-order valence-corrected chi connectivity index (χ4v) is 2.62. The van der Waals surface area contributed by atoms with Crippen LogP contribution in [0, 0.1) is 0 Å². The molecule has 0 radical (unpaired) electrons. The third-order valence-electron chi connectivity index (χ3n) is 4.03. The van der Waals surface area contributed by atoms with Crippen molar-refractivity contribution >= 4 is 0 Å². The zero-order chi connectivity index (χ0) is 15.4. The first-order valence-corrected chi connectivity index (χ1v) is 9.71. The van der Waals surface area contributed by atoms with E-state index in [0.717, 1.165) is 0 Å². The van der Waals surface area contributed by atoms with Crippen LogP contribution >= 0.6 is 0 Å². The molecule has 0 aliphatic rings. The van der Waals surface area contributed by atoms with E-state index in [1.807, 2.05) is 0 Å². The summed E-state index contributed by atoms with van der Waals surface area (Å²) in [6, 6.07) is 0. The van der Waals surface area contributed by atoms with Gasteiger partial charge in [0.1, 0.15) is 0 Å². The molecule has 0 N–H and O–H groups in total. The summed E-state index contributed by atoms with van der Waals surface area (Å²) in [7, 11) is 0. The number of hydrogen-bond donors (Lipinski definition) is 0. The molecule has 0 amide bonds. The molecule has 124 valence electrons. The summed E-state index contributed by atoms with van der Waals surface area (Å²) >= 11 is 0. The van der Waals surface area contributed by atoms with Crippen LogP contribution in [0.4, 0.5) is 0 Å². The molecule has 0 unspecified atom stereocenters. The van der Waals surface area contributed by atoms with Crippen LogP contribution in [0.25, 0.3) is 0 Å². The van der Waals surface area contributed by atoms with E-state index in [-0.39, 0.29) is 0 Å². The van der Waals surface area contributed by atoms with Crippen molar-refractivity contribution in [2.75, 3.05) is 0 Å². The van der Waals surface area contributed by atoms with Crippen molar-refractivity contribution in [2.45, 2.75) is 110 Å². The Hall–Kier alpha value is -0.520. The minimum Gasteiger partial charge on any atom is -0.0888 e. The average molecular weight is 293 g/mol. The van der Waals surface area contributed by atoms with Gasteiger partial charge in [0.05, 0.1) is 0 Å². The summed E-state index contributed by atoms with van der Waals surface area (Å²) < 4.78 is 0. The minimum atomic E-state index is 1.18. The lowest BCUT2D eigenvalue weighted by atomic mass is 10.1. The summed E-state index contributed by atoms with van der Waals surface area (Å²) in [6.45, 7) is 4.49. The van der Waals surface area contributed by atoms with Crippen molar-refractivity contribution in [3.63, 3.8) is 0 Å². The van der Waals surface area contributed by atoms with Crippen molar-refractivity contribution in [2.24, 2.45) is 0 Å². The molecule has 0 aromatic rings. The van der Waals surface area contributed by atoms with Gasteiger partial charge >= 0.3 is 0 Å². The molecule has 0 heteroatoms. The SMILES string of the molecule is CC/C=C/CCC/C=C/CCCCCCCCCCCC. The maximum absolute atomic E-state index is 2.40. The fourth-order valence-electron chi connectivity index (χ4n) is 2.62. The van der Waals surface area contributed by atoms with Crippen molar-refractivity contribution in [3.05, 3.63) is 24.3 Å². The maximum atomic E-state index is 2.40. The molecule has 0 spiro atoms. The predicted octanol–water partition coefficient (Wildman–Crippen LogP) is 7.99. The van der Waals surface area contributed by atoms with Crippen LogP contribution < -0.4 is 0 Å². The third kappa shape index (κ3) is 19.5. The van der Waals surface area contributed by atoms with E-state index in [1.165, 1.54) is 96.3 Å². The number of unbranched alkanes of at least 4 members (excludes halogenated alkanes) is 12. The molecule has 0 atom stereocenters. The van der Waals surface area contributed by atoms with Gasteiger partial charge in [0.25, 0.3) is 0 Å². The highest BCUT2D eigenvalue weighted by molar-refractivity contribution is 4.84. The van der Waals surface area contributed by atoms with Crippen LogP contribution in [-0.2, 0) is 0 Å². The van der Waals surface area contributed by atoms with Crippen molar-refractivity contribution in [3.8, 4) is 0 Å². The quantitative estimate of drug-likeness (QED) is 0.200. The Kier molecular flexibility index (Phi) is 19.0. The second kappa shape index (κ2) is 19.5. The van der Waals surface area contributed by atoms with Crippen LogP contribution in [0.3, 0.4) is 0 Å². The standard InChI is InChI=1S/C21H40/c1-3-5-7-9-11-13-15-17-19-21-20-18-16-14-12-10-8-6-4-2/h5,7,15,17H,3-4,6,8-14,16,18-21H2,1-2H3/b7-5+,17-15+. The van der Waals surface area contributed by atoms with Crippen molar-refractivity contribution in [1.29, 1.82) is 0 Å². The van der Waals surface area contributed by atoms with Crippen molar-refractivity contribution < 1.29 is 0 Å². The molecule has 0 saturated heterocycles. The lowest BCUT2D eigenvalue weighted by molar-refractivity contribution is 0.557. The molecule has 0 bridgehead atoms. The van der Waals surface area contributed by atoms with Gasteiger partial charge < -0.3 is 0 Å². The monoisotopic (exact) mass is 292 g/mol. The third-order valence-corrected chi connectivity index (χ3v) is 4.03. The molecule has 0 nitrogen and oxygen atoms in total. The zero-order valence-corrected chi connectivity index (χ0v) is 14.9. The minimum absolute atomic E-state index is 1.18. The Morgan fingerprint density at radius 1 is 0.429 bits per heavy atom. The predicted molar refractivity (Wildman–Crippen MR) is 98.9 cm³/mol. The highest BCUT2D eigenvalue weighted by Gasteiger charge is 1.91. The molecule has 0 heterocycles. The van der Waals surface area contributed by atoms with E-state index in [9.17, 15) is 0 Å². The van der Waals surface area contributed by atoms with Crippen LogP contribution in [0.1, 0.15) is 110 Å². The highest BCUT2D eigenvalue weighted by atomic mass is 14.0. The molecule has 0 aliphatic carbocycles. The second-order valence-corrected chi connectivity index (χ2v) is 6.25. The van der Waals surface area contributed by atoms with Gasteiger partial charge in [0, 0.05) is 0 Å². The van der Waals surface area contributed by atoms with Crippen LogP contribution in [0.5, 0.6) is 0 Å². The Bertz CT molecular complexity index is 224. The summed E-state index contributed by atoms with van der Waals surface area (Å²) in [5.41, 5.74) is 0. The van der Waals surface area contributed by atoms with Crippen LogP contribution in [0.2, 0.25) is 0 Å². The highest BCUT2D eigenvalue weighted by Crippen LogP contribution is 2.11. The fraction of sp³-hybridized carbons (Fsp3) is 0.810. The molecule has 21 heavy (non-hydrogen) atoms. The van der Waals surface area contributed by atoms with Crippen LogP contribution in [0.15, 0.2) is 24.3 Å². The summed E-state index contributed by atoms with van der Waals surface area (Å²) in [6.07, 6.45) is 30.0. The van der Waals surface area contributed by atoms with E-state index < -0.39 is 0 Å². The topological polar surface area (TPSA) is 0 Å². The number of rotatable bonds is 16. The molecule has 0 saturated carbocycles. The Balaban J connectivity index is 3.06. The maximum Gasteiger partial charge on any atom is -0.0348 e. The van der Waals surface area contributed by atoms with Gasteiger partial charge in [0.2, 0.25) is 0 Å². The molecule has 0 aromatic carbocycles. The lowest BCUT2D eigenvalue weighted by Crippen LogP contribution is -1.81. The molecular weight excluding hydrogens is 252 g/mol. The Morgan fingerprint density at radius 3 is 1.38 bits per heavy atom. The number of hydrogen-bond acceptors (Lipinski definition) is 0. The molecule has 0 fully saturated rings. The van der Waals surface area contributed by atoms with Gasteiger partial charge in [0.15, 0.2) is 0 Å². The van der Waals surface area contributed by atoms with Crippen LogP contribution in [-0.4, -0.2) is 0 Å². The van der Waals surface area contributed by atoms with E-state index in [2.05, 4.69) is 38.2 Å². The first-order valence-electron chi connectivity index (χ1n) is 9.71. The molecule has 0 aliphatic heterocycles. The van der Waals surface area contributed by atoms with E-state index in [1.54, 1.807) is 0 Å². The largest absolute Gasteiger partial charge is 0.0888 e. The lowest BCUT2D eigenvalue weighted by Gasteiger charge is -2.01. The summed E-state index contributed by atoms with van der Waals surface area (Å²) in [5.74, 6) is 0. The Morgan fingerprint density at radius 2 is 0.857 bits per heavy atom. The normalized spacial score (nSPS) is 11.9. The first-order chi connectivity index (χ1) is 10.4. The smallest absolute Gasteiger partial charge is 0.0348 e. The van der Waals surface area contributed by atoms with Gasteiger partial charge in [-0.15, -0.1) is 0 Å². The van der Waals surface area contributed by atoms with Crippen molar-refractivity contribution in [1.82, 2.24) is 0 Å². The first kappa shape index (κ1) is 20.5. The van der Waals surface area contributed by atoms with Gasteiger partial charge in [-0.3, -0.25) is 0 Å². The molecule has 0 rings (SSSR count). The summed E-state index contributed by atoms with van der Waals surface area (Å²) in [4.78, 5) is 0. The van der Waals surface area contributed by atoms with E-state index in [0.29, 0.717) is 0 Å². The number of allylic oxidation sites excluding steroid dienone is 4. The molecule has 0 aromatic heterocycles. The van der Waals surface area contributed by atoms with E-state index >= 15 is 0 Å². The summed E-state index contributed by atoms with van der Waals surface area (Å²) in [5, 5.41) is 0. The zero-order valence-electron chi connectivity index (χ0n) is 14.9. The van der Waals surface area contributed by atoms with E-state index in [4.69, 9.17) is 0 Å². The van der Waals surface area contributed by atoms with Gasteiger partial charge in [-0.25, -0.2) is 0 Å². The average Bonchev–Trinajstić information content (AvgIpc) is 2.50. The molecular formula is C21H40. The van der Waals surface area contributed by atoms with Gasteiger partial charge in [-0.05, 0) is 38.5 Å². The van der Waals surface area contributed by atoms with Gasteiger partial charge in [-0.2, -0.15) is 0 Å².